The normalized spacial score (nSPS) is 15.7. The van der Waals surface area contributed by atoms with Crippen LogP contribution in [-0.2, 0) is 4.79 Å². The lowest BCUT2D eigenvalue weighted by Crippen LogP contribution is -2.39. The second kappa shape index (κ2) is 8.31. The standard InChI is InChI=1S/C23H25N3O/c27-15-3-12-26-13-10-22(11-14-26)25-21-8-6-18(7-9-21)20-16-19-4-1-2-5-23(19)24-17-20/h1-2,4-9,15-17,22,25H,3,10-14H2. The molecular formula is C23H25N3O. The molecule has 3 aromatic rings. The number of piperidine rings is 1. The van der Waals surface area contributed by atoms with Crippen molar-refractivity contribution >= 4 is 22.9 Å². The number of carbonyl (C=O) groups excluding carboxylic acids is 1. The van der Waals surface area contributed by atoms with Gasteiger partial charge in [0, 0.05) is 54.9 Å². The molecular weight excluding hydrogens is 334 g/mol. The van der Waals surface area contributed by atoms with Crippen LogP contribution in [-0.4, -0.2) is 41.8 Å². The fraction of sp³-hybridized carbons (Fsp3) is 0.304. The van der Waals surface area contributed by atoms with Crippen LogP contribution >= 0.6 is 0 Å². The number of nitrogens with one attached hydrogen (secondary N) is 1. The molecule has 0 unspecified atom stereocenters. The summed E-state index contributed by atoms with van der Waals surface area (Å²) in [6.07, 6.45) is 5.84. The molecule has 0 saturated carbocycles. The molecule has 2 heterocycles. The monoisotopic (exact) mass is 359 g/mol. The van der Waals surface area contributed by atoms with Crippen molar-refractivity contribution < 1.29 is 4.79 Å². The van der Waals surface area contributed by atoms with E-state index in [2.05, 4.69) is 51.6 Å². The van der Waals surface area contributed by atoms with Crippen LogP contribution in [0.2, 0.25) is 0 Å². The number of hydrogen-bond acceptors (Lipinski definition) is 4. The van der Waals surface area contributed by atoms with Gasteiger partial charge in [0.25, 0.3) is 0 Å². The number of fused-ring (bicyclic) bond motifs is 1. The quantitative estimate of drug-likeness (QED) is 0.664. The second-order valence-electron chi connectivity index (χ2n) is 7.21. The first-order valence-electron chi connectivity index (χ1n) is 9.69. The number of carbonyl (C=O) groups is 1. The summed E-state index contributed by atoms with van der Waals surface area (Å²) < 4.78 is 0. The van der Waals surface area contributed by atoms with Crippen LogP contribution in [0.3, 0.4) is 0 Å². The molecule has 27 heavy (non-hydrogen) atoms. The molecule has 1 aliphatic rings. The molecule has 4 rings (SSSR count). The summed E-state index contributed by atoms with van der Waals surface area (Å²) >= 11 is 0. The second-order valence-corrected chi connectivity index (χ2v) is 7.21. The topological polar surface area (TPSA) is 45.2 Å². The van der Waals surface area contributed by atoms with Gasteiger partial charge in [-0.15, -0.1) is 0 Å². The highest BCUT2D eigenvalue weighted by Gasteiger charge is 2.18. The van der Waals surface area contributed by atoms with E-state index in [4.69, 9.17) is 0 Å². The van der Waals surface area contributed by atoms with Gasteiger partial charge in [-0.2, -0.15) is 0 Å². The Balaban J connectivity index is 1.38. The SMILES string of the molecule is O=CCCN1CCC(Nc2ccc(-c3cnc4ccccc4c3)cc2)CC1. The zero-order chi connectivity index (χ0) is 18.5. The number of benzene rings is 2. The van der Waals surface area contributed by atoms with Crippen LogP contribution in [0.5, 0.6) is 0 Å². The maximum absolute atomic E-state index is 10.5. The molecule has 138 valence electrons. The van der Waals surface area contributed by atoms with Crippen molar-refractivity contribution in [1.29, 1.82) is 0 Å². The fourth-order valence-electron chi connectivity index (χ4n) is 3.76. The smallest absolute Gasteiger partial charge is 0.121 e. The zero-order valence-corrected chi connectivity index (χ0v) is 15.5. The fourth-order valence-corrected chi connectivity index (χ4v) is 3.76. The summed E-state index contributed by atoms with van der Waals surface area (Å²) in [5.41, 5.74) is 4.52. The Kier molecular flexibility index (Phi) is 5.45. The lowest BCUT2D eigenvalue weighted by Gasteiger charge is -2.32. The Hall–Kier alpha value is -2.72. The van der Waals surface area contributed by atoms with Gasteiger partial charge < -0.3 is 15.0 Å². The molecule has 1 saturated heterocycles. The number of hydrogen-bond donors (Lipinski definition) is 1. The lowest BCUT2D eigenvalue weighted by atomic mass is 10.0. The maximum atomic E-state index is 10.5. The summed E-state index contributed by atoms with van der Waals surface area (Å²) in [6.45, 7) is 3.02. The number of rotatable bonds is 6. The summed E-state index contributed by atoms with van der Waals surface area (Å²) in [7, 11) is 0. The Bertz CT molecular complexity index is 899. The highest BCUT2D eigenvalue weighted by molar-refractivity contribution is 5.83. The van der Waals surface area contributed by atoms with Crippen molar-refractivity contribution in [2.45, 2.75) is 25.3 Å². The Morgan fingerprint density at radius 1 is 1.04 bits per heavy atom. The van der Waals surface area contributed by atoms with Crippen LogP contribution < -0.4 is 5.32 Å². The number of nitrogens with zero attached hydrogens (tertiary/aromatic N) is 2. The van der Waals surface area contributed by atoms with Crippen molar-refractivity contribution in [3.63, 3.8) is 0 Å². The van der Waals surface area contributed by atoms with Crippen LogP contribution in [0.4, 0.5) is 5.69 Å². The highest BCUT2D eigenvalue weighted by Crippen LogP contribution is 2.25. The first-order chi connectivity index (χ1) is 13.3. The summed E-state index contributed by atoms with van der Waals surface area (Å²) in [5, 5.41) is 4.82. The predicted molar refractivity (Wildman–Crippen MR) is 111 cm³/mol. The molecule has 0 atom stereocenters. The highest BCUT2D eigenvalue weighted by atomic mass is 16.1. The lowest BCUT2D eigenvalue weighted by molar-refractivity contribution is -0.108. The van der Waals surface area contributed by atoms with E-state index in [1.165, 1.54) is 16.6 Å². The Morgan fingerprint density at radius 3 is 2.59 bits per heavy atom. The molecule has 0 radical (unpaired) electrons. The summed E-state index contributed by atoms with van der Waals surface area (Å²) in [4.78, 5) is 17.4. The first kappa shape index (κ1) is 17.7. The minimum atomic E-state index is 0.505. The molecule has 2 aromatic carbocycles. The molecule has 1 fully saturated rings. The molecule has 0 aliphatic carbocycles. The number of aromatic nitrogens is 1. The third-order valence-corrected chi connectivity index (χ3v) is 5.33. The predicted octanol–water partition coefficient (Wildman–Crippen LogP) is 4.37. The zero-order valence-electron chi connectivity index (χ0n) is 15.5. The molecule has 1 N–H and O–H groups in total. The van der Waals surface area contributed by atoms with Gasteiger partial charge in [0.2, 0.25) is 0 Å². The van der Waals surface area contributed by atoms with E-state index in [0.717, 1.165) is 49.8 Å². The van der Waals surface area contributed by atoms with E-state index in [1.807, 2.05) is 24.4 Å². The van der Waals surface area contributed by atoms with Gasteiger partial charge in [0.05, 0.1) is 5.52 Å². The van der Waals surface area contributed by atoms with Crippen LogP contribution in [0.15, 0.2) is 60.8 Å². The van der Waals surface area contributed by atoms with E-state index in [1.54, 1.807) is 0 Å². The van der Waals surface area contributed by atoms with Crippen molar-refractivity contribution in [1.82, 2.24) is 9.88 Å². The molecule has 1 aromatic heterocycles. The van der Waals surface area contributed by atoms with Crippen LogP contribution in [0.1, 0.15) is 19.3 Å². The van der Waals surface area contributed by atoms with Gasteiger partial charge in [-0.05, 0) is 42.7 Å². The minimum Gasteiger partial charge on any atom is -0.382 e. The maximum Gasteiger partial charge on any atom is 0.121 e. The molecule has 0 bridgehead atoms. The average Bonchev–Trinajstić information content (AvgIpc) is 2.73. The number of pyridine rings is 1. The van der Waals surface area contributed by atoms with Gasteiger partial charge in [0.1, 0.15) is 6.29 Å². The van der Waals surface area contributed by atoms with E-state index < -0.39 is 0 Å². The largest absolute Gasteiger partial charge is 0.382 e. The van der Waals surface area contributed by atoms with E-state index >= 15 is 0 Å². The minimum absolute atomic E-state index is 0.505. The molecule has 4 nitrogen and oxygen atoms in total. The van der Waals surface area contributed by atoms with E-state index in [-0.39, 0.29) is 0 Å². The van der Waals surface area contributed by atoms with Gasteiger partial charge in [-0.25, -0.2) is 0 Å². The van der Waals surface area contributed by atoms with Crippen LogP contribution in [0, 0.1) is 0 Å². The van der Waals surface area contributed by atoms with Gasteiger partial charge in [-0.3, -0.25) is 4.98 Å². The summed E-state index contributed by atoms with van der Waals surface area (Å²) in [5.74, 6) is 0. The third-order valence-electron chi connectivity index (χ3n) is 5.33. The van der Waals surface area contributed by atoms with Crippen molar-refractivity contribution in [2.75, 3.05) is 25.0 Å². The van der Waals surface area contributed by atoms with Gasteiger partial charge >= 0.3 is 0 Å². The van der Waals surface area contributed by atoms with Gasteiger partial charge in [0.15, 0.2) is 0 Å². The summed E-state index contributed by atoms with van der Waals surface area (Å²) in [6, 6.07) is 19.5. The molecule has 0 spiro atoms. The number of para-hydroxylation sites is 1. The first-order valence-corrected chi connectivity index (χ1v) is 9.69. The van der Waals surface area contributed by atoms with E-state index in [0.29, 0.717) is 12.5 Å². The van der Waals surface area contributed by atoms with Crippen molar-refractivity contribution in [3.05, 3.63) is 60.8 Å². The molecule has 4 heteroatoms. The van der Waals surface area contributed by atoms with E-state index in [9.17, 15) is 4.79 Å². The number of likely N-dealkylation sites (tertiary alicyclic amines) is 1. The Labute approximate surface area is 160 Å². The Morgan fingerprint density at radius 2 is 1.81 bits per heavy atom. The third kappa shape index (κ3) is 4.34. The van der Waals surface area contributed by atoms with Crippen molar-refractivity contribution in [3.8, 4) is 11.1 Å². The average molecular weight is 359 g/mol. The number of anilines is 1. The molecule has 1 aliphatic heterocycles. The molecule has 0 amide bonds. The van der Waals surface area contributed by atoms with Gasteiger partial charge in [-0.1, -0.05) is 30.3 Å². The van der Waals surface area contributed by atoms with Crippen molar-refractivity contribution in [2.24, 2.45) is 0 Å². The number of aldehydes is 1. The van der Waals surface area contributed by atoms with Crippen LogP contribution in [0.25, 0.3) is 22.0 Å².